The first-order valence-corrected chi connectivity index (χ1v) is 6.62. The van der Waals surface area contributed by atoms with Gasteiger partial charge in [-0.15, -0.1) is 0 Å². The lowest BCUT2D eigenvalue weighted by atomic mass is 9.96. The Balaban J connectivity index is 2.13. The number of aryl methyl sites for hydroxylation is 2. The minimum atomic E-state index is -0.125. The summed E-state index contributed by atoms with van der Waals surface area (Å²) in [4.78, 5) is 11.7. The number of allylic oxidation sites excluding steroid dienone is 1. The summed E-state index contributed by atoms with van der Waals surface area (Å²) in [5, 5.41) is 0. The molecule has 1 aromatic rings. The van der Waals surface area contributed by atoms with Crippen molar-refractivity contribution < 1.29 is 9.53 Å². The van der Waals surface area contributed by atoms with E-state index in [1.165, 1.54) is 18.2 Å². The van der Waals surface area contributed by atoms with Crippen LogP contribution in [0, 0.1) is 5.92 Å². The summed E-state index contributed by atoms with van der Waals surface area (Å²) in [6, 6.07) is 8.76. The van der Waals surface area contributed by atoms with E-state index in [0.717, 1.165) is 32.1 Å². The minimum absolute atomic E-state index is 0.103. The minimum Gasteiger partial charge on any atom is -0.469 e. The third-order valence-electron chi connectivity index (χ3n) is 3.48. The number of hydrogen-bond donors (Lipinski definition) is 0. The van der Waals surface area contributed by atoms with E-state index >= 15 is 0 Å². The number of carbonyl (C=O) groups excluding carboxylic acids is 1. The highest BCUT2D eigenvalue weighted by molar-refractivity contribution is 5.74. The van der Waals surface area contributed by atoms with E-state index in [9.17, 15) is 4.79 Å². The van der Waals surface area contributed by atoms with Crippen LogP contribution in [0.15, 0.2) is 36.4 Å². The average Bonchev–Trinajstić information content (AvgIpc) is 2.39. The zero-order valence-corrected chi connectivity index (χ0v) is 10.9. The molecule has 0 saturated carbocycles. The van der Waals surface area contributed by atoms with Gasteiger partial charge in [0.1, 0.15) is 0 Å². The van der Waals surface area contributed by atoms with Crippen LogP contribution in [-0.4, -0.2) is 13.1 Å². The maximum absolute atomic E-state index is 11.7. The van der Waals surface area contributed by atoms with Crippen LogP contribution in [0.4, 0.5) is 0 Å². The summed E-state index contributed by atoms with van der Waals surface area (Å²) >= 11 is 0. The van der Waals surface area contributed by atoms with Crippen LogP contribution in [-0.2, 0) is 22.4 Å². The quantitative estimate of drug-likeness (QED) is 0.559. The molecule has 96 valence electrons. The molecule has 2 heteroatoms. The van der Waals surface area contributed by atoms with E-state index in [1.807, 2.05) is 6.08 Å². The molecule has 0 N–H and O–H groups in total. The Morgan fingerprint density at radius 3 is 2.50 bits per heavy atom. The third-order valence-corrected chi connectivity index (χ3v) is 3.48. The van der Waals surface area contributed by atoms with Crippen LogP contribution in [0.1, 0.15) is 30.4 Å². The fourth-order valence-corrected chi connectivity index (χ4v) is 2.32. The van der Waals surface area contributed by atoms with Gasteiger partial charge in [-0.2, -0.15) is 0 Å². The van der Waals surface area contributed by atoms with Crippen molar-refractivity contribution in [2.45, 2.75) is 32.1 Å². The molecule has 0 aromatic heterocycles. The number of methoxy groups -OCH3 is 1. The number of esters is 1. The van der Waals surface area contributed by atoms with Crippen LogP contribution < -0.4 is 0 Å². The van der Waals surface area contributed by atoms with Gasteiger partial charge in [-0.1, -0.05) is 36.4 Å². The van der Waals surface area contributed by atoms with Crippen molar-refractivity contribution in [2.24, 2.45) is 5.92 Å². The predicted molar refractivity (Wildman–Crippen MR) is 72.3 cm³/mol. The van der Waals surface area contributed by atoms with Gasteiger partial charge in [0.15, 0.2) is 0 Å². The standard InChI is InChI=1S/C16H20O2/c1-18-16(17)15-6-4-2-3-5-13-7-9-14(10-8-13)11-12-15/h4,6-10,15H,2-3,5,11-12H2,1H3/b6-4+. The fraction of sp³-hybridized carbons (Fsp3) is 0.438. The molecule has 0 radical (unpaired) electrons. The Hall–Kier alpha value is -1.57. The predicted octanol–water partition coefficient (Wildman–Crippen LogP) is 3.30. The van der Waals surface area contributed by atoms with Gasteiger partial charge in [0, 0.05) is 0 Å². The molecule has 0 fully saturated rings. The maximum Gasteiger partial charge on any atom is 0.312 e. The zero-order chi connectivity index (χ0) is 12.8. The summed E-state index contributed by atoms with van der Waals surface area (Å²) in [6.45, 7) is 0. The van der Waals surface area contributed by atoms with Crippen LogP contribution in [0.25, 0.3) is 0 Å². The second kappa shape index (κ2) is 6.39. The van der Waals surface area contributed by atoms with Crippen LogP contribution >= 0.6 is 0 Å². The van der Waals surface area contributed by atoms with Gasteiger partial charge >= 0.3 is 5.97 Å². The summed E-state index contributed by atoms with van der Waals surface area (Å²) < 4.78 is 4.85. The average molecular weight is 244 g/mol. The third kappa shape index (κ3) is 3.46. The molecule has 0 saturated heterocycles. The van der Waals surface area contributed by atoms with Crippen molar-refractivity contribution in [1.29, 1.82) is 0 Å². The lowest BCUT2D eigenvalue weighted by molar-refractivity contribution is -0.143. The van der Waals surface area contributed by atoms with Gasteiger partial charge in [0.05, 0.1) is 13.0 Å². The molecule has 2 aliphatic rings. The van der Waals surface area contributed by atoms with Crippen LogP contribution in [0.3, 0.4) is 0 Å². The van der Waals surface area contributed by atoms with E-state index in [2.05, 4.69) is 30.3 Å². The van der Waals surface area contributed by atoms with Gasteiger partial charge < -0.3 is 4.74 Å². The zero-order valence-electron chi connectivity index (χ0n) is 10.9. The second-order valence-electron chi connectivity index (χ2n) is 4.81. The molecule has 3 rings (SSSR count). The van der Waals surface area contributed by atoms with Crippen molar-refractivity contribution in [3.8, 4) is 0 Å². The normalized spacial score (nSPS) is 21.7. The maximum atomic E-state index is 11.7. The molecule has 0 heterocycles. The van der Waals surface area contributed by atoms with Crippen molar-refractivity contribution in [1.82, 2.24) is 0 Å². The topological polar surface area (TPSA) is 26.3 Å². The molecule has 1 atom stereocenters. The Labute approximate surface area is 109 Å². The number of fused-ring (bicyclic) bond motifs is 8. The van der Waals surface area contributed by atoms with E-state index < -0.39 is 0 Å². The van der Waals surface area contributed by atoms with Crippen molar-refractivity contribution in [3.05, 3.63) is 47.5 Å². The second-order valence-corrected chi connectivity index (χ2v) is 4.81. The van der Waals surface area contributed by atoms with Gasteiger partial charge in [0.25, 0.3) is 0 Å². The summed E-state index contributed by atoms with van der Waals surface area (Å²) in [7, 11) is 1.46. The Kier molecular flexibility index (Phi) is 4.57. The molecule has 2 nitrogen and oxygen atoms in total. The first kappa shape index (κ1) is 12.9. The Morgan fingerprint density at radius 1 is 1.17 bits per heavy atom. The van der Waals surface area contributed by atoms with Gasteiger partial charge in [0.2, 0.25) is 0 Å². The first-order chi connectivity index (χ1) is 8.79. The van der Waals surface area contributed by atoms with E-state index in [0.29, 0.717) is 0 Å². The molecule has 0 aliphatic heterocycles. The van der Waals surface area contributed by atoms with Crippen LogP contribution in [0.5, 0.6) is 0 Å². The lowest BCUT2D eigenvalue weighted by Crippen LogP contribution is -2.15. The highest BCUT2D eigenvalue weighted by Crippen LogP contribution is 2.17. The number of carbonyl (C=O) groups is 1. The van der Waals surface area contributed by atoms with Crippen molar-refractivity contribution >= 4 is 5.97 Å². The lowest BCUT2D eigenvalue weighted by Gasteiger charge is -2.12. The highest BCUT2D eigenvalue weighted by atomic mass is 16.5. The highest BCUT2D eigenvalue weighted by Gasteiger charge is 2.15. The monoisotopic (exact) mass is 244 g/mol. The van der Waals surface area contributed by atoms with Gasteiger partial charge in [-0.25, -0.2) is 0 Å². The molecular weight excluding hydrogens is 224 g/mol. The number of benzene rings is 1. The Bertz CT molecular complexity index is 417. The molecular formula is C16H20O2. The molecule has 18 heavy (non-hydrogen) atoms. The molecule has 2 bridgehead atoms. The number of ether oxygens (including phenoxy) is 1. The summed E-state index contributed by atoms with van der Waals surface area (Å²) in [5.74, 6) is -0.228. The number of hydrogen-bond acceptors (Lipinski definition) is 2. The van der Waals surface area contributed by atoms with Gasteiger partial charge in [-0.05, 0) is 43.2 Å². The number of rotatable bonds is 1. The molecule has 1 aromatic carbocycles. The largest absolute Gasteiger partial charge is 0.469 e. The molecule has 0 amide bonds. The van der Waals surface area contributed by atoms with Crippen LogP contribution in [0.2, 0.25) is 0 Å². The fourth-order valence-electron chi connectivity index (χ4n) is 2.32. The smallest absolute Gasteiger partial charge is 0.312 e. The Morgan fingerprint density at radius 2 is 1.83 bits per heavy atom. The van der Waals surface area contributed by atoms with Crippen molar-refractivity contribution in [2.75, 3.05) is 7.11 Å². The van der Waals surface area contributed by atoms with Gasteiger partial charge in [-0.3, -0.25) is 4.79 Å². The van der Waals surface area contributed by atoms with E-state index in [1.54, 1.807) is 0 Å². The SMILES string of the molecule is COC(=O)C1/C=C/CCCc2ccc(cc2)CC1. The van der Waals surface area contributed by atoms with Crippen molar-refractivity contribution in [3.63, 3.8) is 0 Å². The van der Waals surface area contributed by atoms with E-state index in [4.69, 9.17) is 4.74 Å². The summed E-state index contributed by atoms with van der Waals surface area (Å²) in [6.07, 6.45) is 9.13. The first-order valence-electron chi connectivity index (χ1n) is 6.62. The summed E-state index contributed by atoms with van der Waals surface area (Å²) in [5.41, 5.74) is 2.69. The molecule has 0 spiro atoms. The molecule has 2 aliphatic carbocycles. The van der Waals surface area contributed by atoms with E-state index in [-0.39, 0.29) is 11.9 Å². The molecule has 1 unspecified atom stereocenters.